The molecule has 0 amide bonds. The maximum Gasteiger partial charge on any atom is 0.367 e. The van der Waals surface area contributed by atoms with Crippen LogP contribution in [-0.4, -0.2) is 24.7 Å². The Hall–Kier alpha value is -0.220. The molecule has 0 unspecified atom stereocenters. The van der Waals surface area contributed by atoms with E-state index in [0.29, 0.717) is 6.61 Å². The summed E-state index contributed by atoms with van der Waals surface area (Å²) in [5, 5.41) is -0.206. The quantitative estimate of drug-likeness (QED) is 0.722. The molecule has 0 atom stereocenters. The Kier molecular flexibility index (Phi) is 13.8. The first-order valence-electron chi connectivity index (χ1n) is 4.49. The molecule has 0 saturated heterocycles. The highest BCUT2D eigenvalue weighted by Crippen LogP contribution is 1.96. The van der Waals surface area contributed by atoms with Crippen LogP contribution < -0.4 is 5.73 Å². The molecule has 3 nitrogen and oxygen atoms in total. The van der Waals surface area contributed by atoms with Gasteiger partial charge in [-0.3, -0.25) is 0 Å². The maximum absolute atomic E-state index is 10.2. The Morgan fingerprint density at radius 1 is 1.54 bits per heavy atom. The van der Waals surface area contributed by atoms with Gasteiger partial charge in [0, 0.05) is 0 Å². The number of carbonyl (C=O) groups is 1. The van der Waals surface area contributed by atoms with Crippen molar-refractivity contribution in [2.45, 2.75) is 27.2 Å². The number of hydrogen-bond donors (Lipinski definition) is 1. The Labute approximate surface area is 85.4 Å². The van der Waals surface area contributed by atoms with E-state index < -0.39 is 0 Å². The highest BCUT2D eigenvalue weighted by atomic mass is 32.2. The van der Waals surface area contributed by atoms with E-state index in [0.717, 1.165) is 30.6 Å². The van der Waals surface area contributed by atoms with E-state index in [4.69, 9.17) is 5.73 Å². The van der Waals surface area contributed by atoms with Gasteiger partial charge in [0.15, 0.2) is 0 Å². The van der Waals surface area contributed by atoms with Crippen LogP contribution >= 0.6 is 11.8 Å². The molecule has 0 fully saturated rings. The van der Waals surface area contributed by atoms with Crippen LogP contribution in [0.2, 0.25) is 0 Å². The average Bonchev–Trinajstić information content (AvgIpc) is 2.05. The lowest BCUT2D eigenvalue weighted by atomic mass is 10.1. The SMILES string of the molecule is CC(C)CCN.CCOC(=O)SC. The molecule has 13 heavy (non-hydrogen) atoms. The van der Waals surface area contributed by atoms with Crippen LogP contribution in [-0.2, 0) is 4.74 Å². The predicted molar refractivity (Wildman–Crippen MR) is 59.0 cm³/mol. The molecule has 0 aliphatic rings. The molecular formula is C9H21NO2S. The number of carbonyl (C=O) groups excluding carboxylic acids is 1. The summed E-state index contributed by atoms with van der Waals surface area (Å²) in [6, 6.07) is 0. The third kappa shape index (κ3) is 18.6. The predicted octanol–water partition coefficient (Wildman–Crippen LogP) is 2.50. The average molecular weight is 207 g/mol. The molecule has 0 rings (SSSR count). The van der Waals surface area contributed by atoms with Crippen LogP contribution in [0.15, 0.2) is 0 Å². The molecule has 0 spiro atoms. The van der Waals surface area contributed by atoms with Gasteiger partial charge in [-0.25, -0.2) is 4.79 Å². The second-order valence-corrected chi connectivity index (χ2v) is 3.60. The van der Waals surface area contributed by atoms with E-state index in [1.54, 1.807) is 13.2 Å². The van der Waals surface area contributed by atoms with Gasteiger partial charge < -0.3 is 10.5 Å². The van der Waals surface area contributed by atoms with E-state index in [1.807, 2.05) is 0 Å². The van der Waals surface area contributed by atoms with Crippen molar-refractivity contribution in [2.75, 3.05) is 19.4 Å². The van der Waals surface area contributed by atoms with Crippen LogP contribution in [0.5, 0.6) is 0 Å². The molecule has 0 aliphatic carbocycles. The summed E-state index contributed by atoms with van der Waals surface area (Å²) in [7, 11) is 0. The maximum atomic E-state index is 10.2. The van der Waals surface area contributed by atoms with Gasteiger partial charge in [0.05, 0.1) is 6.61 Å². The van der Waals surface area contributed by atoms with Crippen molar-refractivity contribution >= 4 is 17.1 Å². The summed E-state index contributed by atoms with van der Waals surface area (Å²) in [6.45, 7) is 7.44. The number of thioether (sulfide) groups is 1. The monoisotopic (exact) mass is 207 g/mol. The molecule has 2 N–H and O–H groups in total. The lowest BCUT2D eigenvalue weighted by Crippen LogP contribution is -2.01. The van der Waals surface area contributed by atoms with E-state index in [2.05, 4.69) is 18.6 Å². The van der Waals surface area contributed by atoms with Crippen molar-refractivity contribution in [2.24, 2.45) is 11.7 Å². The third-order valence-corrected chi connectivity index (χ3v) is 1.62. The van der Waals surface area contributed by atoms with Gasteiger partial charge in [-0.1, -0.05) is 13.8 Å². The summed E-state index contributed by atoms with van der Waals surface area (Å²) >= 11 is 1.09. The lowest BCUT2D eigenvalue weighted by molar-refractivity contribution is 0.181. The fraction of sp³-hybridized carbons (Fsp3) is 0.889. The van der Waals surface area contributed by atoms with Crippen molar-refractivity contribution < 1.29 is 9.53 Å². The van der Waals surface area contributed by atoms with Crippen LogP contribution in [0.25, 0.3) is 0 Å². The van der Waals surface area contributed by atoms with Crippen LogP contribution in [0.1, 0.15) is 27.2 Å². The Bertz CT molecular complexity index is 118. The Morgan fingerprint density at radius 2 is 2.08 bits per heavy atom. The van der Waals surface area contributed by atoms with E-state index >= 15 is 0 Å². The highest BCUT2D eigenvalue weighted by Gasteiger charge is 1.92. The zero-order valence-corrected chi connectivity index (χ0v) is 9.82. The van der Waals surface area contributed by atoms with Crippen molar-refractivity contribution in [3.8, 4) is 0 Å². The fourth-order valence-electron chi connectivity index (χ4n) is 0.510. The smallest absolute Gasteiger partial charge is 0.367 e. The van der Waals surface area contributed by atoms with Crippen molar-refractivity contribution in [1.82, 2.24) is 0 Å². The van der Waals surface area contributed by atoms with Crippen molar-refractivity contribution in [1.29, 1.82) is 0 Å². The Morgan fingerprint density at radius 3 is 2.15 bits per heavy atom. The first kappa shape index (κ1) is 15.3. The van der Waals surface area contributed by atoms with E-state index in [-0.39, 0.29) is 5.30 Å². The van der Waals surface area contributed by atoms with Gasteiger partial charge in [0.25, 0.3) is 0 Å². The molecule has 0 heterocycles. The second kappa shape index (κ2) is 11.8. The molecular weight excluding hydrogens is 186 g/mol. The third-order valence-electron chi connectivity index (χ3n) is 1.17. The van der Waals surface area contributed by atoms with Gasteiger partial charge in [0.2, 0.25) is 0 Å². The number of ether oxygens (including phenoxy) is 1. The number of nitrogens with two attached hydrogens (primary N) is 1. The summed E-state index contributed by atoms with van der Waals surface area (Å²) in [6.07, 6.45) is 2.85. The summed E-state index contributed by atoms with van der Waals surface area (Å²) in [4.78, 5) is 10.2. The molecule has 0 saturated carbocycles. The zero-order chi connectivity index (χ0) is 10.7. The summed E-state index contributed by atoms with van der Waals surface area (Å²) < 4.78 is 4.52. The highest BCUT2D eigenvalue weighted by molar-refractivity contribution is 8.12. The van der Waals surface area contributed by atoms with E-state index in [9.17, 15) is 4.79 Å². The minimum atomic E-state index is -0.206. The zero-order valence-electron chi connectivity index (χ0n) is 9.00. The minimum absolute atomic E-state index is 0.206. The summed E-state index contributed by atoms with van der Waals surface area (Å²) in [5.74, 6) is 0.773. The minimum Gasteiger partial charge on any atom is -0.458 e. The topological polar surface area (TPSA) is 52.3 Å². The molecule has 0 radical (unpaired) electrons. The molecule has 0 bridgehead atoms. The normalized spacial score (nSPS) is 9.08. The molecule has 0 aromatic rings. The molecule has 4 heteroatoms. The van der Waals surface area contributed by atoms with Gasteiger partial charge in [-0.15, -0.1) is 0 Å². The second-order valence-electron chi connectivity index (χ2n) is 2.86. The fourth-order valence-corrected chi connectivity index (χ4v) is 0.746. The molecule has 80 valence electrons. The number of hydrogen-bond acceptors (Lipinski definition) is 4. The lowest BCUT2D eigenvalue weighted by Gasteiger charge is -1.96. The van der Waals surface area contributed by atoms with Gasteiger partial charge in [-0.2, -0.15) is 0 Å². The standard InChI is InChI=1S/C5H13N.C4H8O2S/c1-5(2)3-4-6;1-3-6-4(5)7-2/h5H,3-4,6H2,1-2H3;3H2,1-2H3. The molecule has 0 aliphatic heterocycles. The van der Waals surface area contributed by atoms with Crippen LogP contribution in [0.3, 0.4) is 0 Å². The van der Waals surface area contributed by atoms with Crippen LogP contribution in [0, 0.1) is 5.92 Å². The first-order chi connectivity index (χ1) is 6.08. The number of rotatable bonds is 3. The van der Waals surface area contributed by atoms with E-state index in [1.165, 1.54) is 0 Å². The Balaban J connectivity index is 0. The van der Waals surface area contributed by atoms with Crippen molar-refractivity contribution in [3.05, 3.63) is 0 Å². The van der Waals surface area contributed by atoms with Crippen molar-refractivity contribution in [3.63, 3.8) is 0 Å². The molecule has 0 aromatic heterocycles. The van der Waals surface area contributed by atoms with Crippen LogP contribution in [0.4, 0.5) is 4.79 Å². The summed E-state index contributed by atoms with van der Waals surface area (Å²) in [5.41, 5.74) is 5.23. The van der Waals surface area contributed by atoms with Gasteiger partial charge in [0.1, 0.15) is 0 Å². The van der Waals surface area contributed by atoms with Gasteiger partial charge in [-0.05, 0) is 43.8 Å². The van der Waals surface area contributed by atoms with Gasteiger partial charge >= 0.3 is 5.30 Å². The molecule has 0 aromatic carbocycles. The first-order valence-corrected chi connectivity index (χ1v) is 5.71. The largest absolute Gasteiger partial charge is 0.458 e.